The number of esters is 1. The lowest BCUT2D eigenvalue weighted by Crippen LogP contribution is -1.99. The zero-order valence-electron chi connectivity index (χ0n) is 9.95. The van der Waals surface area contributed by atoms with Crippen LogP contribution in [-0.4, -0.2) is 19.6 Å². The first-order valence-electron chi connectivity index (χ1n) is 5.60. The van der Waals surface area contributed by atoms with Crippen molar-refractivity contribution < 1.29 is 9.53 Å². The number of thiophene rings is 1. The van der Waals surface area contributed by atoms with Crippen LogP contribution in [0.25, 0.3) is 10.1 Å². The fourth-order valence-corrected chi connectivity index (χ4v) is 2.59. The van der Waals surface area contributed by atoms with E-state index in [1.165, 1.54) is 11.8 Å². The molecule has 4 heteroatoms. The monoisotopic (exact) mass is 249 g/mol. The normalized spacial score (nSPS) is 10.5. The minimum Gasteiger partial charge on any atom is -0.465 e. The van der Waals surface area contributed by atoms with Crippen molar-refractivity contribution in [2.24, 2.45) is 0 Å². The molecule has 0 spiro atoms. The van der Waals surface area contributed by atoms with E-state index in [1.54, 1.807) is 17.4 Å². The van der Waals surface area contributed by atoms with Crippen LogP contribution in [-0.2, 0) is 4.74 Å². The quantitative estimate of drug-likeness (QED) is 0.843. The summed E-state index contributed by atoms with van der Waals surface area (Å²) in [5, 5.41) is 5.57. The van der Waals surface area contributed by atoms with Crippen molar-refractivity contribution >= 4 is 32.4 Å². The largest absolute Gasteiger partial charge is 0.465 e. The van der Waals surface area contributed by atoms with Gasteiger partial charge in [0, 0.05) is 11.2 Å². The molecule has 17 heavy (non-hydrogen) atoms. The van der Waals surface area contributed by atoms with Crippen molar-refractivity contribution in [2.45, 2.75) is 13.3 Å². The van der Waals surface area contributed by atoms with Gasteiger partial charge in [0.15, 0.2) is 0 Å². The molecular weight excluding hydrogens is 234 g/mol. The second-order valence-electron chi connectivity index (χ2n) is 3.78. The number of hydrogen-bond acceptors (Lipinski definition) is 4. The van der Waals surface area contributed by atoms with E-state index < -0.39 is 0 Å². The zero-order chi connectivity index (χ0) is 12.3. The predicted octanol–water partition coefficient (Wildman–Crippen LogP) is 3.51. The molecule has 0 atom stereocenters. The van der Waals surface area contributed by atoms with E-state index in [2.05, 4.69) is 18.3 Å². The number of anilines is 1. The molecule has 0 aliphatic heterocycles. The van der Waals surface area contributed by atoms with Crippen LogP contribution in [0.3, 0.4) is 0 Å². The van der Waals surface area contributed by atoms with Crippen molar-refractivity contribution in [2.75, 3.05) is 19.0 Å². The van der Waals surface area contributed by atoms with Crippen LogP contribution in [0, 0.1) is 0 Å². The van der Waals surface area contributed by atoms with E-state index in [4.69, 9.17) is 4.74 Å². The summed E-state index contributed by atoms with van der Waals surface area (Å²) in [5.74, 6) is -0.291. The molecule has 1 aromatic heterocycles. The zero-order valence-corrected chi connectivity index (χ0v) is 10.8. The maximum Gasteiger partial charge on any atom is 0.337 e. The first kappa shape index (κ1) is 11.9. The van der Waals surface area contributed by atoms with Crippen LogP contribution in [0.1, 0.15) is 23.7 Å². The number of benzene rings is 1. The minimum atomic E-state index is -0.291. The topological polar surface area (TPSA) is 38.3 Å². The molecule has 0 aliphatic carbocycles. The predicted molar refractivity (Wildman–Crippen MR) is 71.9 cm³/mol. The van der Waals surface area contributed by atoms with Crippen molar-refractivity contribution in [3.8, 4) is 0 Å². The Hall–Kier alpha value is -1.55. The summed E-state index contributed by atoms with van der Waals surface area (Å²) >= 11 is 1.70. The summed E-state index contributed by atoms with van der Waals surface area (Å²) in [6.45, 7) is 3.10. The van der Waals surface area contributed by atoms with Gasteiger partial charge in [-0.25, -0.2) is 4.79 Å². The lowest BCUT2D eigenvalue weighted by molar-refractivity contribution is 0.0601. The van der Waals surface area contributed by atoms with Gasteiger partial charge in [0.05, 0.1) is 17.7 Å². The van der Waals surface area contributed by atoms with Crippen molar-refractivity contribution in [1.29, 1.82) is 0 Å². The first-order valence-corrected chi connectivity index (χ1v) is 6.42. The molecule has 2 rings (SSSR count). The van der Waals surface area contributed by atoms with Gasteiger partial charge in [0.1, 0.15) is 0 Å². The molecule has 3 nitrogen and oxygen atoms in total. The van der Waals surface area contributed by atoms with Gasteiger partial charge in [-0.15, -0.1) is 11.3 Å². The summed E-state index contributed by atoms with van der Waals surface area (Å²) in [6.07, 6.45) is 1.10. The summed E-state index contributed by atoms with van der Waals surface area (Å²) in [6, 6.07) is 7.70. The highest BCUT2D eigenvalue weighted by atomic mass is 32.1. The molecule has 2 aromatic rings. The molecule has 90 valence electrons. The van der Waals surface area contributed by atoms with E-state index in [9.17, 15) is 4.79 Å². The molecular formula is C13H15NO2S. The molecule has 1 N–H and O–H groups in total. The van der Waals surface area contributed by atoms with Crippen molar-refractivity contribution in [1.82, 2.24) is 0 Å². The maximum atomic E-state index is 11.4. The van der Waals surface area contributed by atoms with Crippen molar-refractivity contribution in [3.63, 3.8) is 0 Å². The average molecular weight is 249 g/mol. The van der Waals surface area contributed by atoms with E-state index in [0.29, 0.717) is 5.56 Å². The van der Waals surface area contributed by atoms with Gasteiger partial charge >= 0.3 is 5.97 Å². The average Bonchev–Trinajstić information content (AvgIpc) is 2.76. The van der Waals surface area contributed by atoms with Crippen LogP contribution in [0.15, 0.2) is 24.3 Å². The van der Waals surface area contributed by atoms with Gasteiger partial charge < -0.3 is 10.1 Å². The standard InChI is InChI=1S/C13H15NO2S/c1-3-6-14-12-8-10-7-9(13(15)16-2)4-5-11(10)17-12/h4-5,7-8,14H,3,6H2,1-2H3. The number of carbonyl (C=O) groups is 1. The third-order valence-corrected chi connectivity index (χ3v) is 3.56. The molecule has 0 saturated carbocycles. The second kappa shape index (κ2) is 5.19. The van der Waals surface area contributed by atoms with E-state index >= 15 is 0 Å². The number of nitrogens with one attached hydrogen (secondary N) is 1. The van der Waals surface area contributed by atoms with Crippen LogP contribution in [0.2, 0.25) is 0 Å². The fraction of sp³-hybridized carbons (Fsp3) is 0.308. The number of rotatable bonds is 4. The number of methoxy groups -OCH3 is 1. The van der Waals surface area contributed by atoms with Gasteiger partial charge in [-0.2, -0.15) is 0 Å². The van der Waals surface area contributed by atoms with E-state index in [1.807, 2.05) is 12.1 Å². The SMILES string of the molecule is CCCNc1cc2cc(C(=O)OC)ccc2s1. The first-order chi connectivity index (χ1) is 8.24. The third-order valence-electron chi connectivity index (χ3n) is 2.49. The Kier molecular flexibility index (Phi) is 3.64. The highest BCUT2D eigenvalue weighted by molar-refractivity contribution is 7.22. The number of hydrogen-bond donors (Lipinski definition) is 1. The Balaban J connectivity index is 2.31. The fourth-order valence-electron chi connectivity index (χ4n) is 1.62. The van der Waals surface area contributed by atoms with Gasteiger partial charge in [0.25, 0.3) is 0 Å². The molecule has 1 heterocycles. The van der Waals surface area contributed by atoms with Crippen LogP contribution in [0.5, 0.6) is 0 Å². The van der Waals surface area contributed by atoms with Crippen LogP contribution in [0.4, 0.5) is 5.00 Å². The third kappa shape index (κ3) is 2.58. The molecule has 1 aromatic carbocycles. The summed E-state index contributed by atoms with van der Waals surface area (Å²) < 4.78 is 5.88. The van der Waals surface area contributed by atoms with Gasteiger partial charge in [-0.05, 0) is 36.1 Å². The summed E-state index contributed by atoms with van der Waals surface area (Å²) in [5.41, 5.74) is 0.597. The molecule has 0 fully saturated rings. The second-order valence-corrected chi connectivity index (χ2v) is 4.87. The maximum absolute atomic E-state index is 11.4. The highest BCUT2D eigenvalue weighted by Gasteiger charge is 2.07. The molecule has 0 saturated heterocycles. The van der Waals surface area contributed by atoms with E-state index in [0.717, 1.165) is 23.4 Å². The molecule has 0 amide bonds. The van der Waals surface area contributed by atoms with Gasteiger partial charge in [-0.3, -0.25) is 0 Å². The summed E-state index contributed by atoms with van der Waals surface area (Å²) in [7, 11) is 1.40. The highest BCUT2D eigenvalue weighted by Crippen LogP contribution is 2.30. The molecule has 0 aliphatic rings. The van der Waals surface area contributed by atoms with E-state index in [-0.39, 0.29) is 5.97 Å². The van der Waals surface area contributed by atoms with Crippen molar-refractivity contribution in [3.05, 3.63) is 29.8 Å². The smallest absolute Gasteiger partial charge is 0.337 e. The van der Waals surface area contributed by atoms with Crippen LogP contribution >= 0.6 is 11.3 Å². The lowest BCUT2D eigenvalue weighted by Gasteiger charge is -1.97. The molecule has 0 radical (unpaired) electrons. The van der Waals surface area contributed by atoms with Crippen LogP contribution < -0.4 is 5.32 Å². The molecule has 0 unspecified atom stereocenters. The Labute approximate surface area is 104 Å². The molecule has 0 bridgehead atoms. The lowest BCUT2D eigenvalue weighted by atomic mass is 10.2. The van der Waals surface area contributed by atoms with Gasteiger partial charge in [0.2, 0.25) is 0 Å². The number of ether oxygens (including phenoxy) is 1. The Bertz CT molecular complexity index is 533. The number of fused-ring (bicyclic) bond motifs is 1. The Morgan fingerprint density at radius 2 is 2.24 bits per heavy atom. The minimum absolute atomic E-state index is 0.291. The number of carbonyl (C=O) groups excluding carboxylic acids is 1. The Morgan fingerprint density at radius 3 is 2.94 bits per heavy atom. The Morgan fingerprint density at radius 1 is 1.41 bits per heavy atom. The summed E-state index contributed by atoms with van der Waals surface area (Å²) in [4.78, 5) is 11.4. The van der Waals surface area contributed by atoms with Gasteiger partial charge in [-0.1, -0.05) is 6.92 Å².